The second-order valence-corrected chi connectivity index (χ2v) is 8.71. The molecule has 2 aliphatic heterocycles. The van der Waals surface area contributed by atoms with E-state index in [0.29, 0.717) is 37.1 Å². The first-order valence-corrected chi connectivity index (χ1v) is 11.7. The highest BCUT2D eigenvalue weighted by molar-refractivity contribution is 5.79. The van der Waals surface area contributed by atoms with Crippen molar-refractivity contribution in [3.05, 3.63) is 53.1 Å². The fourth-order valence-electron chi connectivity index (χ4n) is 4.60. The number of nitrogens with zero attached hydrogens (tertiary/aromatic N) is 7. The van der Waals surface area contributed by atoms with Crippen LogP contribution < -0.4 is 15.4 Å². The molecule has 0 radical (unpaired) electrons. The van der Waals surface area contributed by atoms with Crippen LogP contribution in [0.25, 0.3) is 10.9 Å². The summed E-state index contributed by atoms with van der Waals surface area (Å²) in [6, 6.07) is 11.3. The summed E-state index contributed by atoms with van der Waals surface area (Å²) in [6.45, 7) is 4.65. The van der Waals surface area contributed by atoms with Crippen LogP contribution in [-0.2, 0) is 11.3 Å². The smallest absolute Gasteiger partial charge is 0.261 e. The summed E-state index contributed by atoms with van der Waals surface area (Å²) in [7, 11) is 0. The van der Waals surface area contributed by atoms with E-state index in [2.05, 4.69) is 31.0 Å². The zero-order chi connectivity index (χ0) is 22.6. The summed E-state index contributed by atoms with van der Waals surface area (Å²) < 4.78 is 1.39. The predicted molar refractivity (Wildman–Crippen MR) is 128 cm³/mol. The Hall–Kier alpha value is -3.49. The number of para-hydroxylation sites is 1. The third kappa shape index (κ3) is 4.67. The van der Waals surface area contributed by atoms with Crippen molar-refractivity contribution in [2.75, 3.05) is 49.1 Å². The van der Waals surface area contributed by atoms with Gasteiger partial charge in [-0.2, -0.15) is 0 Å². The van der Waals surface area contributed by atoms with Crippen molar-refractivity contribution in [2.45, 2.75) is 32.2 Å². The van der Waals surface area contributed by atoms with Crippen molar-refractivity contribution in [3.8, 4) is 0 Å². The number of amides is 1. The molecule has 1 amide bonds. The Morgan fingerprint density at radius 3 is 2.09 bits per heavy atom. The van der Waals surface area contributed by atoms with Gasteiger partial charge >= 0.3 is 0 Å². The molecule has 172 valence electrons. The van der Waals surface area contributed by atoms with Gasteiger partial charge in [-0.1, -0.05) is 25.0 Å². The monoisotopic (exact) mass is 447 g/mol. The molecular formula is C24H29N7O2. The number of rotatable bonds is 4. The van der Waals surface area contributed by atoms with Gasteiger partial charge in [0, 0.05) is 39.3 Å². The van der Waals surface area contributed by atoms with Gasteiger partial charge in [-0.25, -0.2) is 4.98 Å². The van der Waals surface area contributed by atoms with Gasteiger partial charge in [-0.05, 0) is 37.1 Å². The first kappa shape index (κ1) is 21.4. The van der Waals surface area contributed by atoms with Gasteiger partial charge in [0.25, 0.3) is 5.56 Å². The molecule has 9 nitrogen and oxygen atoms in total. The van der Waals surface area contributed by atoms with Crippen molar-refractivity contribution >= 4 is 28.4 Å². The van der Waals surface area contributed by atoms with Crippen LogP contribution in [0.15, 0.2) is 47.5 Å². The number of aromatic nitrogens is 4. The lowest BCUT2D eigenvalue weighted by Gasteiger charge is -2.35. The third-order valence-corrected chi connectivity index (χ3v) is 6.56. The van der Waals surface area contributed by atoms with Crippen molar-refractivity contribution in [1.29, 1.82) is 0 Å². The van der Waals surface area contributed by atoms with Crippen LogP contribution >= 0.6 is 0 Å². The predicted octanol–water partition coefficient (Wildman–Crippen LogP) is 1.92. The first-order chi connectivity index (χ1) is 16.2. The summed E-state index contributed by atoms with van der Waals surface area (Å²) >= 11 is 0. The first-order valence-electron chi connectivity index (χ1n) is 11.7. The van der Waals surface area contributed by atoms with E-state index in [0.717, 1.165) is 24.7 Å². The van der Waals surface area contributed by atoms with E-state index in [4.69, 9.17) is 0 Å². The van der Waals surface area contributed by atoms with Crippen LogP contribution in [0.5, 0.6) is 0 Å². The number of piperazine rings is 1. The highest BCUT2D eigenvalue weighted by Crippen LogP contribution is 2.20. The molecule has 2 aromatic heterocycles. The molecule has 9 heteroatoms. The molecule has 3 aromatic rings. The number of hydrogen-bond acceptors (Lipinski definition) is 7. The molecule has 0 unspecified atom stereocenters. The summed E-state index contributed by atoms with van der Waals surface area (Å²) in [5.74, 6) is 1.72. The second kappa shape index (κ2) is 9.56. The molecule has 1 aromatic carbocycles. The topological polar surface area (TPSA) is 87.5 Å². The minimum atomic E-state index is -0.188. The summed E-state index contributed by atoms with van der Waals surface area (Å²) in [4.78, 5) is 36.1. The molecule has 2 aliphatic rings. The molecule has 0 spiro atoms. The highest BCUT2D eigenvalue weighted by atomic mass is 16.2. The van der Waals surface area contributed by atoms with Gasteiger partial charge in [0.2, 0.25) is 5.91 Å². The normalized spacial score (nSPS) is 17.3. The van der Waals surface area contributed by atoms with E-state index in [1.54, 1.807) is 23.1 Å². The van der Waals surface area contributed by atoms with Crippen molar-refractivity contribution in [3.63, 3.8) is 0 Å². The average Bonchev–Trinajstić information content (AvgIpc) is 3.16. The lowest BCUT2D eigenvalue weighted by molar-refractivity contribution is -0.132. The maximum atomic E-state index is 12.8. The van der Waals surface area contributed by atoms with Crippen molar-refractivity contribution < 1.29 is 4.79 Å². The van der Waals surface area contributed by atoms with Gasteiger partial charge in [0.05, 0.1) is 17.2 Å². The Morgan fingerprint density at radius 2 is 1.42 bits per heavy atom. The molecule has 0 N–H and O–H groups in total. The Morgan fingerprint density at radius 1 is 0.788 bits per heavy atom. The van der Waals surface area contributed by atoms with Crippen molar-refractivity contribution in [1.82, 2.24) is 24.6 Å². The van der Waals surface area contributed by atoms with Crippen LogP contribution in [0.4, 0.5) is 11.6 Å². The van der Waals surface area contributed by atoms with E-state index in [-0.39, 0.29) is 18.0 Å². The molecule has 33 heavy (non-hydrogen) atoms. The molecule has 0 saturated carbocycles. The zero-order valence-electron chi connectivity index (χ0n) is 18.8. The Kier molecular flexibility index (Phi) is 6.19. The number of carbonyl (C=O) groups excluding carboxylic acids is 1. The number of hydrogen-bond donors (Lipinski definition) is 0. The van der Waals surface area contributed by atoms with E-state index in [9.17, 15) is 9.59 Å². The average molecular weight is 448 g/mol. The van der Waals surface area contributed by atoms with Crippen LogP contribution in [-0.4, -0.2) is 69.8 Å². The largest absolute Gasteiger partial charge is 0.355 e. The van der Waals surface area contributed by atoms with Gasteiger partial charge in [-0.3, -0.25) is 14.2 Å². The van der Waals surface area contributed by atoms with Crippen LogP contribution in [0.1, 0.15) is 25.7 Å². The lowest BCUT2D eigenvalue weighted by atomic mass is 10.2. The van der Waals surface area contributed by atoms with Gasteiger partial charge in [0.15, 0.2) is 11.6 Å². The maximum Gasteiger partial charge on any atom is 0.261 e. The third-order valence-electron chi connectivity index (χ3n) is 6.56. The van der Waals surface area contributed by atoms with E-state index in [1.807, 2.05) is 12.1 Å². The molecule has 2 fully saturated rings. The van der Waals surface area contributed by atoms with Crippen LogP contribution in [0, 0.1) is 0 Å². The summed E-state index contributed by atoms with van der Waals surface area (Å²) in [5.41, 5.74) is 0.454. The van der Waals surface area contributed by atoms with Gasteiger partial charge in [-0.15, -0.1) is 10.2 Å². The minimum absolute atomic E-state index is 0.000997. The minimum Gasteiger partial charge on any atom is -0.355 e. The van der Waals surface area contributed by atoms with E-state index < -0.39 is 0 Å². The number of carbonyl (C=O) groups is 1. The molecule has 0 aliphatic carbocycles. The standard InChI is InChI=1S/C24H29N7O2/c32-23(17-31-18-25-20-8-4-3-7-19(20)24(31)33)30-15-13-29(14-16-30)22-10-9-21(26-27-22)28-11-5-1-2-6-12-28/h3-4,7-10,18H,1-2,5-6,11-17H2. The van der Waals surface area contributed by atoms with E-state index in [1.165, 1.54) is 36.6 Å². The molecule has 0 bridgehead atoms. The van der Waals surface area contributed by atoms with Crippen molar-refractivity contribution in [2.24, 2.45) is 0 Å². The Labute approximate surface area is 192 Å². The van der Waals surface area contributed by atoms with E-state index >= 15 is 0 Å². The maximum absolute atomic E-state index is 12.8. The van der Waals surface area contributed by atoms with Gasteiger partial charge in [0.1, 0.15) is 6.54 Å². The Balaban J connectivity index is 1.18. The SMILES string of the molecule is O=C(Cn1cnc2ccccc2c1=O)N1CCN(c2ccc(N3CCCCCC3)nn2)CC1. The number of fused-ring (bicyclic) bond motifs is 1. The van der Waals surface area contributed by atoms with Crippen LogP contribution in [0.3, 0.4) is 0 Å². The highest BCUT2D eigenvalue weighted by Gasteiger charge is 2.23. The van der Waals surface area contributed by atoms with Crippen LogP contribution in [0.2, 0.25) is 0 Å². The number of benzene rings is 1. The second-order valence-electron chi connectivity index (χ2n) is 8.71. The summed E-state index contributed by atoms with van der Waals surface area (Å²) in [6.07, 6.45) is 6.45. The molecule has 4 heterocycles. The Bertz CT molecular complexity index is 1160. The molecular weight excluding hydrogens is 418 g/mol. The number of anilines is 2. The summed E-state index contributed by atoms with van der Waals surface area (Å²) in [5, 5.41) is 9.46. The fourth-order valence-corrected chi connectivity index (χ4v) is 4.60. The quantitative estimate of drug-likeness (QED) is 0.604. The lowest BCUT2D eigenvalue weighted by Crippen LogP contribution is -2.50. The van der Waals surface area contributed by atoms with Gasteiger partial charge < -0.3 is 14.7 Å². The fraction of sp³-hybridized carbons (Fsp3) is 0.458. The molecule has 0 atom stereocenters. The zero-order valence-corrected chi connectivity index (χ0v) is 18.8. The molecule has 5 rings (SSSR count). The molecule has 2 saturated heterocycles.